The lowest BCUT2D eigenvalue weighted by molar-refractivity contribution is -0.135. The van der Waals surface area contributed by atoms with Crippen LogP contribution in [0.1, 0.15) is 13.3 Å². The monoisotopic (exact) mass is 425 g/mol. The summed E-state index contributed by atoms with van der Waals surface area (Å²) in [6.45, 7) is 1.97. The molecule has 1 aliphatic rings. The molecule has 0 radical (unpaired) electrons. The number of carbonyl (C=O) groups is 2. The van der Waals surface area contributed by atoms with Gasteiger partial charge in [-0.25, -0.2) is 9.78 Å². The van der Waals surface area contributed by atoms with E-state index in [1.54, 1.807) is 28.6 Å². The van der Waals surface area contributed by atoms with Crippen LogP contribution >= 0.6 is 11.6 Å². The lowest BCUT2D eigenvalue weighted by atomic mass is 10.1. The number of carbonyl (C=O) groups excluding carboxylic acids is 2. The maximum atomic E-state index is 13.2. The van der Waals surface area contributed by atoms with Crippen LogP contribution in [0.3, 0.4) is 0 Å². The highest BCUT2D eigenvalue weighted by Gasteiger charge is 2.37. The molecule has 1 unspecified atom stereocenters. The molecule has 0 spiro atoms. The molecule has 9 heteroatoms. The normalized spacial score (nSPS) is 15.9. The number of anilines is 2. The van der Waals surface area contributed by atoms with E-state index < -0.39 is 12.0 Å². The summed E-state index contributed by atoms with van der Waals surface area (Å²) in [7, 11) is 1.81. The number of halogens is 1. The molecule has 0 aliphatic carbocycles. The Morgan fingerprint density at radius 3 is 2.73 bits per heavy atom. The molecule has 1 amide bonds. The third-order valence-electron chi connectivity index (χ3n) is 4.82. The summed E-state index contributed by atoms with van der Waals surface area (Å²) >= 11 is 6.05. The molecule has 1 atom stereocenters. The number of ether oxygens (including phenoxy) is 1. The van der Waals surface area contributed by atoms with Crippen LogP contribution < -0.4 is 10.3 Å². The second-order valence-corrected chi connectivity index (χ2v) is 7.22. The Morgan fingerprint density at radius 1 is 1.23 bits per heavy atom. The first-order chi connectivity index (χ1) is 14.5. The second kappa shape index (κ2) is 8.16. The first kappa shape index (κ1) is 19.9. The Bertz CT molecular complexity index is 1140. The molecule has 1 aromatic heterocycles. The van der Waals surface area contributed by atoms with Gasteiger partial charge in [-0.15, -0.1) is 0 Å². The predicted molar refractivity (Wildman–Crippen MR) is 116 cm³/mol. The number of aryl methyl sites for hydroxylation is 1. The van der Waals surface area contributed by atoms with Gasteiger partial charge >= 0.3 is 5.97 Å². The molecule has 2 aromatic carbocycles. The average Bonchev–Trinajstić information content (AvgIpc) is 3.31. The molecule has 30 heavy (non-hydrogen) atoms. The van der Waals surface area contributed by atoms with Gasteiger partial charge in [0.2, 0.25) is 5.95 Å². The topological polar surface area (TPSA) is 88.8 Å². The lowest BCUT2D eigenvalue weighted by Crippen LogP contribution is -2.39. The fourth-order valence-corrected chi connectivity index (χ4v) is 3.52. The van der Waals surface area contributed by atoms with Crippen LogP contribution in [0.25, 0.3) is 11.0 Å². The summed E-state index contributed by atoms with van der Waals surface area (Å²) < 4.78 is 6.85. The quantitative estimate of drug-likeness (QED) is 0.633. The minimum absolute atomic E-state index is 0.134. The van der Waals surface area contributed by atoms with E-state index in [0.29, 0.717) is 22.2 Å². The number of hydrazone groups is 1. The van der Waals surface area contributed by atoms with Crippen LogP contribution in [0, 0.1) is 0 Å². The molecule has 0 fully saturated rings. The average molecular weight is 426 g/mol. The highest BCUT2D eigenvalue weighted by atomic mass is 35.5. The Morgan fingerprint density at radius 2 is 2.00 bits per heavy atom. The van der Waals surface area contributed by atoms with Gasteiger partial charge < -0.3 is 9.30 Å². The number of hydrogen-bond acceptors (Lipinski definition) is 6. The number of nitrogens with zero attached hydrogens (tertiary/aromatic N) is 4. The van der Waals surface area contributed by atoms with Crippen molar-refractivity contribution in [2.75, 3.05) is 16.9 Å². The number of imidazole rings is 1. The summed E-state index contributed by atoms with van der Waals surface area (Å²) in [5, 5.41) is 9.33. The number of para-hydroxylation sites is 1. The van der Waals surface area contributed by atoms with Crippen molar-refractivity contribution in [2.24, 2.45) is 12.1 Å². The zero-order chi connectivity index (χ0) is 21.3. The Hall–Kier alpha value is -3.39. The van der Waals surface area contributed by atoms with Gasteiger partial charge in [-0.05, 0) is 37.3 Å². The van der Waals surface area contributed by atoms with Gasteiger partial charge in [0.25, 0.3) is 5.91 Å². The molecular weight excluding hydrogens is 406 g/mol. The highest BCUT2D eigenvalue weighted by Crippen LogP contribution is 2.27. The highest BCUT2D eigenvalue weighted by molar-refractivity contribution is 6.38. The maximum Gasteiger partial charge on any atom is 0.354 e. The van der Waals surface area contributed by atoms with E-state index in [1.807, 2.05) is 43.4 Å². The Kier molecular flexibility index (Phi) is 5.41. The van der Waals surface area contributed by atoms with E-state index in [1.165, 1.54) is 0 Å². The first-order valence-electron chi connectivity index (χ1n) is 9.49. The zero-order valence-corrected chi connectivity index (χ0v) is 17.3. The second-order valence-electron chi connectivity index (χ2n) is 6.78. The number of rotatable bonds is 5. The zero-order valence-electron chi connectivity index (χ0n) is 16.5. The third-order valence-corrected chi connectivity index (χ3v) is 5.06. The number of amides is 1. The standard InChI is InChI=1S/C21H20ClN5O3/c1-3-30-20(29)16-12-18(27(25-16)14-7-5-4-6-8-14)19(28)24-21-23-15-11-13(22)9-10-17(15)26(21)2/h4-11,18H,3,12H2,1-2H3,(H,23,24,28). The van der Waals surface area contributed by atoms with Gasteiger partial charge in [0.15, 0.2) is 0 Å². The largest absolute Gasteiger partial charge is 0.461 e. The minimum atomic E-state index is -0.713. The van der Waals surface area contributed by atoms with Crippen molar-refractivity contribution in [1.29, 1.82) is 0 Å². The van der Waals surface area contributed by atoms with E-state index in [0.717, 1.165) is 5.52 Å². The number of benzene rings is 2. The van der Waals surface area contributed by atoms with Crippen molar-refractivity contribution in [1.82, 2.24) is 9.55 Å². The van der Waals surface area contributed by atoms with Crippen LogP contribution in [0.2, 0.25) is 5.02 Å². The van der Waals surface area contributed by atoms with Crippen molar-refractivity contribution >= 4 is 51.9 Å². The maximum absolute atomic E-state index is 13.2. The number of aromatic nitrogens is 2. The molecule has 154 valence electrons. The van der Waals surface area contributed by atoms with E-state index in [-0.39, 0.29) is 24.6 Å². The van der Waals surface area contributed by atoms with E-state index in [9.17, 15) is 9.59 Å². The molecule has 1 N–H and O–H groups in total. The van der Waals surface area contributed by atoms with E-state index in [2.05, 4.69) is 15.4 Å². The fraction of sp³-hybridized carbons (Fsp3) is 0.238. The van der Waals surface area contributed by atoms with Crippen molar-refractivity contribution in [3.63, 3.8) is 0 Å². The molecule has 3 aromatic rings. The number of fused-ring (bicyclic) bond motifs is 1. The third kappa shape index (κ3) is 3.73. The number of esters is 1. The van der Waals surface area contributed by atoms with E-state index >= 15 is 0 Å². The summed E-state index contributed by atoms with van der Waals surface area (Å²) in [5.41, 5.74) is 2.42. The molecular formula is C21H20ClN5O3. The van der Waals surface area contributed by atoms with Gasteiger partial charge in [-0.3, -0.25) is 15.1 Å². The van der Waals surface area contributed by atoms with Crippen LogP contribution in [0.4, 0.5) is 11.6 Å². The summed E-state index contributed by atoms with van der Waals surface area (Å²) in [4.78, 5) is 29.8. The van der Waals surface area contributed by atoms with Crippen LogP contribution in [0.15, 0.2) is 53.6 Å². The van der Waals surface area contributed by atoms with Gasteiger partial charge in [0, 0.05) is 18.5 Å². The molecule has 1 aliphatic heterocycles. The van der Waals surface area contributed by atoms with Crippen LogP contribution in [-0.2, 0) is 21.4 Å². The van der Waals surface area contributed by atoms with E-state index in [4.69, 9.17) is 16.3 Å². The minimum Gasteiger partial charge on any atom is -0.461 e. The van der Waals surface area contributed by atoms with Gasteiger partial charge in [-0.1, -0.05) is 29.8 Å². The fourth-order valence-electron chi connectivity index (χ4n) is 3.35. The molecule has 0 saturated heterocycles. The summed E-state index contributed by atoms with van der Waals surface area (Å²) in [6, 6.07) is 13.8. The Balaban J connectivity index is 1.62. The van der Waals surface area contributed by atoms with Crippen molar-refractivity contribution < 1.29 is 14.3 Å². The summed E-state index contributed by atoms with van der Waals surface area (Å²) in [6.07, 6.45) is 0.134. The molecule has 2 heterocycles. The number of hydrogen-bond donors (Lipinski definition) is 1. The predicted octanol–water partition coefficient (Wildman–Crippen LogP) is 3.36. The van der Waals surface area contributed by atoms with Crippen molar-refractivity contribution in [3.05, 3.63) is 53.6 Å². The van der Waals surface area contributed by atoms with Crippen LogP contribution in [0.5, 0.6) is 0 Å². The number of nitrogens with one attached hydrogen (secondary N) is 1. The van der Waals surface area contributed by atoms with Gasteiger partial charge in [0.05, 0.1) is 23.3 Å². The van der Waals surface area contributed by atoms with Gasteiger partial charge in [0.1, 0.15) is 11.8 Å². The molecule has 0 bridgehead atoms. The van der Waals surface area contributed by atoms with Gasteiger partial charge in [-0.2, -0.15) is 5.10 Å². The Labute approximate surface area is 178 Å². The first-order valence-corrected chi connectivity index (χ1v) is 9.87. The van der Waals surface area contributed by atoms with Crippen molar-refractivity contribution in [2.45, 2.75) is 19.4 Å². The molecule has 4 rings (SSSR count). The lowest BCUT2D eigenvalue weighted by Gasteiger charge is -2.22. The smallest absolute Gasteiger partial charge is 0.354 e. The molecule has 8 nitrogen and oxygen atoms in total. The van der Waals surface area contributed by atoms with Crippen LogP contribution in [-0.4, -0.2) is 39.8 Å². The molecule has 0 saturated carbocycles. The SMILES string of the molecule is CCOC(=O)C1=NN(c2ccccc2)C(C(=O)Nc2nc3cc(Cl)ccc3n2C)C1. The van der Waals surface area contributed by atoms with Crippen molar-refractivity contribution in [3.8, 4) is 0 Å². The summed E-state index contributed by atoms with van der Waals surface area (Å²) in [5.74, 6) is -0.465.